The summed E-state index contributed by atoms with van der Waals surface area (Å²) in [6.07, 6.45) is 1.11. The minimum atomic E-state index is -4.13. The largest absolute Gasteiger partial charge is 0.495 e. The normalized spacial score (nSPS) is 22.3. The molecule has 1 aromatic carbocycles. The summed E-state index contributed by atoms with van der Waals surface area (Å²) in [7, 11) is -6.09. The molecule has 29 heavy (non-hydrogen) atoms. The number of benzene rings is 1. The molecule has 1 aromatic rings. The fourth-order valence-corrected chi connectivity index (χ4v) is 7.47. The van der Waals surface area contributed by atoms with E-state index in [0.29, 0.717) is 6.42 Å². The number of methoxy groups -OCH3 is 1. The van der Waals surface area contributed by atoms with E-state index in [1.165, 1.54) is 25.3 Å². The smallest absolute Gasteiger partial charge is 0.247 e. The topological polar surface area (TPSA) is 118 Å². The SMILES string of the molecule is CCN(C1CCS(=O)(=O)C1)S(=O)(=O)c1cc(N2C(=O)CCCC2=O)ccc1OC. The fourth-order valence-electron chi connectivity index (χ4n) is 3.80. The van der Waals surface area contributed by atoms with Gasteiger partial charge in [-0.3, -0.25) is 14.5 Å². The maximum absolute atomic E-state index is 13.4. The van der Waals surface area contributed by atoms with E-state index in [4.69, 9.17) is 4.74 Å². The van der Waals surface area contributed by atoms with Gasteiger partial charge >= 0.3 is 0 Å². The highest BCUT2D eigenvalue weighted by Gasteiger charge is 2.39. The zero-order chi connectivity index (χ0) is 21.4. The van der Waals surface area contributed by atoms with Crippen LogP contribution in [-0.2, 0) is 29.4 Å². The number of carbonyl (C=O) groups is 2. The van der Waals surface area contributed by atoms with E-state index in [9.17, 15) is 26.4 Å². The number of carbonyl (C=O) groups excluding carboxylic acids is 2. The van der Waals surface area contributed by atoms with E-state index in [1.54, 1.807) is 6.92 Å². The quantitative estimate of drug-likeness (QED) is 0.599. The highest BCUT2D eigenvalue weighted by Crippen LogP contribution is 2.34. The Morgan fingerprint density at radius 2 is 1.86 bits per heavy atom. The Morgan fingerprint density at radius 3 is 2.38 bits per heavy atom. The average Bonchev–Trinajstić information content (AvgIpc) is 3.01. The first kappa shape index (κ1) is 21.7. The second kappa shape index (κ2) is 8.04. The van der Waals surface area contributed by atoms with Crippen molar-refractivity contribution in [1.29, 1.82) is 0 Å². The molecular formula is C18H24N2O7S2. The Balaban J connectivity index is 2.05. The lowest BCUT2D eigenvalue weighted by atomic mass is 10.1. The predicted octanol–water partition coefficient (Wildman–Crippen LogP) is 0.936. The van der Waals surface area contributed by atoms with Gasteiger partial charge in [-0.05, 0) is 31.0 Å². The Kier molecular flexibility index (Phi) is 6.02. The van der Waals surface area contributed by atoms with Crippen molar-refractivity contribution >= 4 is 37.4 Å². The average molecular weight is 445 g/mol. The molecule has 0 radical (unpaired) electrons. The summed E-state index contributed by atoms with van der Waals surface area (Å²) >= 11 is 0. The van der Waals surface area contributed by atoms with Crippen LogP contribution in [0.5, 0.6) is 5.75 Å². The van der Waals surface area contributed by atoms with Crippen LogP contribution in [0.1, 0.15) is 32.6 Å². The van der Waals surface area contributed by atoms with Gasteiger partial charge in [0.2, 0.25) is 21.8 Å². The maximum atomic E-state index is 13.4. The monoisotopic (exact) mass is 444 g/mol. The lowest BCUT2D eigenvalue weighted by molar-refractivity contribution is -0.129. The van der Waals surface area contributed by atoms with Gasteiger partial charge in [-0.2, -0.15) is 4.31 Å². The molecule has 0 aliphatic carbocycles. The van der Waals surface area contributed by atoms with Crippen molar-refractivity contribution in [3.05, 3.63) is 18.2 Å². The number of imide groups is 1. The van der Waals surface area contributed by atoms with Crippen molar-refractivity contribution < 1.29 is 31.2 Å². The van der Waals surface area contributed by atoms with E-state index in [0.717, 1.165) is 9.21 Å². The summed E-state index contributed by atoms with van der Waals surface area (Å²) in [6, 6.07) is 3.45. The molecule has 0 N–H and O–H groups in total. The standard InChI is InChI=1S/C18H24N2O7S2/c1-3-19(14-9-10-28(23,24)12-14)29(25,26)16-11-13(7-8-15(16)27-2)20-17(21)5-4-6-18(20)22/h7-8,11,14H,3-6,9-10,12H2,1-2H3. The Hall–Kier alpha value is -1.98. The van der Waals surface area contributed by atoms with Crippen molar-refractivity contribution in [1.82, 2.24) is 4.31 Å². The zero-order valence-electron chi connectivity index (χ0n) is 16.3. The number of hydrogen-bond donors (Lipinski definition) is 0. The van der Waals surface area contributed by atoms with Gasteiger partial charge in [0.05, 0.1) is 24.3 Å². The summed E-state index contributed by atoms with van der Waals surface area (Å²) in [5.74, 6) is -0.999. The zero-order valence-corrected chi connectivity index (χ0v) is 18.0. The Labute approximate surface area is 170 Å². The van der Waals surface area contributed by atoms with Crippen molar-refractivity contribution in [3.63, 3.8) is 0 Å². The number of piperidine rings is 1. The number of nitrogens with zero attached hydrogens (tertiary/aromatic N) is 2. The van der Waals surface area contributed by atoms with Crippen LogP contribution in [0.4, 0.5) is 5.69 Å². The number of sulfone groups is 1. The Morgan fingerprint density at radius 1 is 1.21 bits per heavy atom. The highest BCUT2D eigenvalue weighted by atomic mass is 32.2. The van der Waals surface area contributed by atoms with E-state index < -0.39 is 25.9 Å². The molecule has 0 bridgehead atoms. The molecule has 2 amide bonds. The molecule has 3 rings (SSSR count). The number of hydrogen-bond acceptors (Lipinski definition) is 7. The molecule has 2 heterocycles. The molecule has 0 spiro atoms. The van der Waals surface area contributed by atoms with Crippen LogP contribution in [0.2, 0.25) is 0 Å². The molecule has 0 aromatic heterocycles. The van der Waals surface area contributed by atoms with Gasteiger partial charge in [-0.25, -0.2) is 16.8 Å². The van der Waals surface area contributed by atoms with E-state index in [2.05, 4.69) is 0 Å². The van der Waals surface area contributed by atoms with Crippen LogP contribution in [0.15, 0.2) is 23.1 Å². The minimum Gasteiger partial charge on any atom is -0.495 e. The molecule has 0 saturated carbocycles. The molecule has 1 atom stereocenters. The second-order valence-corrected chi connectivity index (χ2v) is 11.2. The summed E-state index contributed by atoms with van der Waals surface area (Å²) < 4.78 is 56.9. The molecule has 2 fully saturated rings. The molecular weight excluding hydrogens is 420 g/mol. The van der Waals surface area contributed by atoms with Gasteiger partial charge in [0, 0.05) is 25.4 Å². The summed E-state index contributed by atoms with van der Waals surface area (Å²) in [4.78, 5) is 25.3. The molecule has 2 saturated heterocycles. The summed E-state index contributed by atoms with van der Waals surface area (Å²) in [5.41, 5.74) is 0.161. The molecule has 160 valence electrons. The molecule has 9 nitrogen and oxygen atoms in total. The fraction of sp³-hybridized carbons (Fsp3) is 0.556. The molecule has 2 aliphatic rings. The molecule has 2 aliphatic heterocycles. The highest BCUT2D eigenvalue weighted by molar-refractivity contribution is 7.92. The van der Waals surface area contributed by atoms with Crippen molar-refractivity contribution in [2.45, 2.75) is 43.5 Å². The first-order valence-electron chi connectivity index (χ1n) is 9.37. The first-order valence-corrected chi connectivity index (χ1v) is 12.6. The number of sulfonamides is 1. The van der Waals surface area contributed by atoms with Crippen molar-refractivity contribution in [2.75, 3.05) is 30.1 Å². The summed E-state index contributed by atoms with van der Waals surface area (Å²) in [6.45, 7) is 1.72. The van der Waals surface area contributed by atoms with Crippen LogP contribution < -0.4 is 9.64 Å². The summed E-state index contributed by atoms with van der Waals surface area (Å²) in [5, 5.41) is 0. The van der Waals surface area contributed by atoms with Crippen LogP contribution in [0, 0.1) is 0 Å². The van der Waals surface area contributed by atoms with Gasteiger partial charge < -0.3 is 4.74 Å². The van der Waals surface area contributed by atoms with Gasteiger partial charge in [-0.1, -0.05) is 6.92 Å². The number of anilines is 1. The maximum Gasteiger partial charge on any atom is 0.247 e. The second-order valence-electron chi connectivity index (χ2n) is 7.08. The third kappa shape index (κ3) is 4.17. The van der Waals surface area contributed by atoms with Gasteiger partial charge in [0.15, 0.2) is 9.84 Å². The predicted molar refractivity (Wildman–Crippen MR) is 106 cm³/mol. The number of ether oxygens (including phenoxy) is 1. The molecule has 11 heteroatoms. The van der Waals surface area contributed by atoms with Gasteiger partial charge in [0.25, 0.3) is 0 Å². The van der Waals surface area contributed by atoms with Gasteiger partial charge in [-0.15, -0.1) is 0 Å². The number of amides is 2. The van der Waals surface area contributed by atoms with Gasteiger partial charge in [0.1, 0.15) is 10.6 Å². The number of rotatable bonds is 6. The first-order chi connectivity index (χ1) is 13.6. The molecule has 1 unspecified atom stereocenters. The van der Waals surface area contributed by atoms with Crippen LogP contribution >= 0.6 is 0 Å². The van der Waals surface area contributed by atoms with E-state index >= 15 is 0 Å². The van der Waals surface area contributed by atoms with Crippen LogP contribution in [0.25, 0.3) is 0 Å². The Bertz CT molecular complexity index is 1020. The van der Waals surface area contributed by atoms with E-state index in [-0.39, 0.29) is 65.5 Å². The van der Waals surface area contributed by atoms with E-state index in [1.807, 2.05) is 0 Å². The van der Waals surface area contributed by atoms with Crippen LogP contribution in [0.3, 0.4) is 0 Å². The third-order valence-corrected chi connectivity index (χ3v) is 9.00. The van der Waals surface area contributed by atoms with Crippen LogP contribution in [-0.4, -0.2) is 64.2 Å². The lowest BCUT2D eigenvalue weighted by Gasteiger charge is -2.28. The third-order valence-electron chi connectivity index (χ3n) is 5.20. The van der Waals surface area contributed by atoms with Crippen molar-refractivity contribution in [3.8, 4) is 5.75 Å². The van der Waals surface area contributed by atoms with Crippen molar-refractivity contribution in [2.24, 2.45) is 0 Å². The minimum absolute atomic E-state index is 0.0579. The lowest BCUT2D eigenvalue weighted by Crippen LogP contribution is -2.42.